The Morgan fingerprint density at radius 2 is 1.88 bits per heavy atom. The van der Waals surface area contributed by atoms with Gasteiger partial charge in [-0.05, 0) is 41.8 Å². The van der Waals surface area contributed by atoms with Gasteiger partial charge in [0.2, 0.25) is 5.91 Å². The number of carbonyl (C=O) groups excluding carboxylic acids is 1. The molecule has 1 heterocycles. The molecule has 7 heteroatoms. The van der Waals surface area contributed by atoms with Crippen LogP contribution in [0.2, 0.25) is 5.02 Å². The van der Waals surface area contributed by atoms with E-state index in [-0.39, 0.29) is 11.2 Å². The number of halogens is 2. The molecule has 1 fully saturated rings. The third-order valence-electron chi connectivity index (χ3n) is 3.34. The van der Waals surface area contributed by atoms with E-state index >= 15 is 0 Å². The number of amides is 1. The highest BCUT2D eigenvalue weighted by atomic mass is 79.9. The van der Waals surface area contributed by atoms with E-state index in [1.807, 2.05) is 36.4 Å². The maximum Gasteiger partial charge on any atom is 0.239 e. The summed E-state index contributed by atoms with van der Waals surface area (Å²) in [4.78, 5) is 12.0. The number of thioether (sulfide) groups is 1. The number of hydrogen-bond acceptors (Lipinski definition) is 4. The van der Waals surface area contributed by atoms with Crippen LogP contribution >= 0.6 is 39.3 Å². The van der Waals surface area contributed by atoms with Gasteiger partial charge in [-0.3, -0.25) is 4.79 Å². The van der Waals surface area contributed by atoms with E-state index in [1.165, 1.54) is 11.8 Å². The third-order valence-corrected chi connectivity index (χ3v) is 5.19. The molecular weight excluding hydrogens is 410 g/mol. The molecule has 0 aliphatic carbocycles. The summed E-state index contributed by atoms with van der Waals surface area (Å²) in [6, 6.07) is 15.2. The van der Waals surface area contributed by atoms with Crippen LogP contribution in [0.3, 0.4) is 0 Å². The Kier molecular flexibility index (Phi) is 5.71. The van der Waals surface area contributed by atoms with Crippen molar-refractivity contribution in [3.63, 3.8) is 0 Å². The van der Waals surface area contributed by atoms with Crippen LogP contribution in [0.5, 0.6) is 0 Å². The van der Waals surface area contributed by atoms with Gasteiger partial charge in [-0.1, -0.05) is 63.6 Å². The molecule has 1 amide bonds. The van der Waals surface area contributed by atoms with Crippen molar-refractivity contribution in [1.29, 1.82) is 0 Å². The Bertz CT molecular complexity index is 790. The Morgan fingerprint density at radius 3 is 2.58 bits per heavy atom. The van der Waals surface area contributed by atoms with Crippen molar-refractivity contribution >= 4 is 56.6 Å². The van der Waals surface area contributed by atoms with Gasteiger partial charge in [-0.15, -0.1) is 5.10 Å². The van der Waals surface area contributed by atoms with Gasteiger partial charge in [0.05, 0.1) is 11.5 Å². The topological polar surface area (TPSA) is 53.8 Å². The third kappa shape index (κ3) is 4.69. The number of nitrogens with one attached hydrogen (secondary N) is 1. The predicted octanol–water partition coefficient (Wildman–Crippen LogP) is 4.27. The van der Waals surface area contributed by atoms with Crippen LogP contribution in [0.1, 0.15) is 11.1 Å². The number of hydrogen-bond donors (Lipinski definition) is 1. The zero-order valence-corrected chi connectivity index (χ0v) is 15.6. The maximum absolute atomic E-state index is 12.0. The molecule has 0 saturated carbocycles. The fourth-order valence-corrected chi connectivity index (χ4v) is 3.47. The lowest BCUT2D eigenvalue weighted by atomic mass is 10.1. The van der Waals surface area contributed by atoms with E-state index in [1.54, 1.807) is 18.3 Å². The van der Waals surface area contributed by atoms with Gasteiger partial charge >= 0.3 is 0 Å². The second kappa shape index (κ2) is 7.96. The smallest absolute Gasteiger partial charge is 0.239 e. The molecule has 1 saturated heterocycles. The van der Waals surface area contributed by atoms with Crippen LogP contribution in [0, 0.1) is 0 Å². The minimum atomic E-state index is -0.185. The molecule has 2 aromatic rings. The van der Waals surface area contributed by atoms with Crippen LogP contribution in [0.4, 0.5) is 0 Å². The monoisotopic (exact) mass is 421 g/mol. The zero-order chi connectivity index (χ0) is 16.9. The van der Waals surface area contributed by atoms with Crippen molar-refractivity contribution in [2.24, 2.45) is 10.2 Å². The zero-order valence-electron chi connectivity index (χ0n) is 12.4. The normalized spacial score (nSPS) is 19.2. The first-order valence-corrected chi connectivity index (χ1v) is 9.24. The standard InChI is InChI=1S/C17H13BrClN3OS/c18-13-5-1-11(2-6-13)9-15-16(23)21-17(24-15)22-20-10-12-3-7-14(19)8-4-12/h1-8,10,15H,9H2,(H,21,22,23)/b20-10-/t15-/m0/s1. The van der Waals surface area contributed by atoms with Gasteiger partial charge in [0.25, 0.3) is 0 Å². The molecule has 0 unspecified atom stereocenters. The quantitative estimate of drug-likeness (QED) is 0.591. The molecule has 0 bridgehead atoms. The second-order valence-corrected chi connectivity index (χ2v) is 7.67. The number of nitrogens with zero attached hydrogens (tertiary/aromatic N) is 2. The summed E-state index contributed by atoms with van der Waals surface area (Å²) in [5.74, 6) is -0.0386. The number of amidine groups is 1. The molecule has 1 atom stereocenters. The van der Waals surface area contributed by atoms with Gasteiger partial charge in [-0.2, -0.15) is 5.10 Å². The van der Waals surface area contributed by atoms with Crippen LogP contribution in [-0.4, -0.2) is 22.5 Å². The molecule has 0 aromatic heterocycles. The van der Waals surface area contributed by atoms with Crippen LogP contribution < -0.4 is 5.32 Å². The summed E-state index contributed by atoms with van der Waals surface area (Å²) in [6.07, 6.45) is 2.28. The molecule has 1 N–H and O–H groups in total. The number of carbonyl (C=O) groups is 1. The molecule has 0 spiro atoms. The predicted molar refractivity (Wildman–Crippen MR) is 104 cm³/mol. The van der Waals surface area contributed by atoms with Crippen molar-refractivity contribution in [2.45, 2.75) is 11.7 Å². The first-order chi connectivity index (χ1) is 11.6. The molecule has 3 rings (SSSR count). The SMILES string of the molecule is O=C1N/C(=N/N=C\c2ccc(Cl)cc2)S[C@H]1Cc1ccc(Br)cc1. The van der Waals surface area contributed by atoms with Crippen molar-refractivity contribution in [1.82, 2.24) is 5.32 Å². The minimum Gasteiger partial charge on any atom is -0.303 e. The molecule has 1 aliphatic heterocycles. The molecule has 4 nitrogen and oxygen atoms in total. The molecule has 122 valence electrons. The second-order valence-electron chi connectivity index (χ2n) is 5.13. The number of rotatable bonds is 4. The van der Waals surface area contributed by atoms with E-state index in [4.69, 9.17) is 11.6 Å². The lowest BCUT2D eigenvalue weighted by Gasteiger charge is -2.05. The van der Waals surface area contributed by atoms with E-state index in [2.05, 4.69) is 31.4 Å². The Balaban J connectivity index is 1.61. The van der Waals surface area contributed by atoms with Gasteiger partial charge in [0.15, 0.2) is 5.17 Å². The summed E-state index contributed by atoms with van der Waals surface area (Å²) < 4.78 is 1.02. The average molecular weight is 423 g/mol. The fraction of sp³-hybridized carbons (Fsp3) is 0.118. The molecule has 24 heavy (non-hydrogen) atoms. The van der Waals surface area contributed by atoms with Crippen LogP contribution in [0.25, 0.3) is 0 Å². The van der Waals surface area contributed by atoms with Crippen molar-refractivity contribution in [2.75, 3.05) is 0 Å². The highest BCUT2D eigenvalue weighted by Gasteiger charge is 2.30. The first kappa shape index (κ1) is 17.2. The Morgan fingerprint density at radius 1 is 1.17 bits per heavy atom. The Hall–Kier alpha value is -1.63. The molecule has 2 aromatic carbocycles. The lowest BCUT2D eigenvalue weighted by molar-refractivity contribution is -0.118. The van der Waals surface area contributed by atoms with Crippen molar-refractivity contribution in [3.8, 4) is 0 Å². The molecular formula is C17H13BrClN3OS. The highest BCUT2D eigenvalue weighted by Crippen LogP contribution is 2.24. The maximum atomic E-state index is 12.0. The van der Waals surface area contributed by atoms with Gasteiger partial charge in [0, 0.05) is 9.50 Å². The minimum absolute atomic E-state index is 0.0386. The van der Waals surface area contributed by atoms with E-state index < -0.39 is 0 Å². The summed E-state index contributed by atoms with van der Waals surface area (Å²) in [5.41, 5.74) is 2.00. The summed E-state index contributed by atoms with van der Waals surface area (Å²) in [5, 5.41) is 11.9. The van der Waals surface area contributed by atoms with E-state index in [0.29, 0.717) is 16.6 Å². The fourth-order valence-electron chi connectivity index (χ4n) is 2.12. The Labute approximate surface area is 157 Å². The molecule has 0 radical (unpaired) electrons. The average Bonchev–Trinajstić information content (AvgIpc) is 2.91. The summed E-state index contributed by atoms with van der Waals surface area (Å²) in [6.45, 7) is 0. The van der Waals surface area contributed by atoms with Crippen molar-refractivity contribution in [3.05, 3.63) is 69.2 Å². The van der Waals surface area contributed by atoms with E-state index in [0.717, 1.165) is 15.6 Å². The van der Waals surface area contributed by atoms with Crippen LogP contribution in [-0.2, 0) is 11.2 Å². The van der Waals surface area contributed by atoms with E-state index in [9.17, 15) is 4.79 Å². The van der Waals surface area contributed by atoms with Crippen LogP contribution in [0.15, 0.2) is 63.2 Å². The molecule has 1 aliphatic rings. The summed E-state index contributed by atoms with van der Waals surface area (Å²) >= 11 is 10.6. The summed E-state index contributed by atoms with van der Waals surface area (Å²) in [7, 11) is 0. The first-order valence-electron chi connectivity index (χ1n) is 7.19. The largest absolute Gasteiger partial charge is 0.303 e. The van der Waals surface area contributed by atoms with Crippen molar-refractivity contribution < 1.29 is 4.79 Å². The van der Waals surface area contributed by atoms with Gasteiger partial charge in [-0.25, -0.2) is 0 Å². The highest BCUT2D eigenvalue weighted by molar-refractivity contribution is 9.10. The lowest BCUT2D eigenvalue weighted by Crippen LogP contribution is -2.25. The van der Waals surface area contributed by atoms with Gasteiger partial charge < -0.3 is 5.32 Å². The number of benzene rings is 2. The van der Waals surface area contributed by atoms with Gasteiger partial charge in [0.1, 0.15) is 0 Å².